The first-order chi connectivity index (χ1) is 8.01. The van der Waals surface area contributed by atoms with E-state index in [1.807, 2.05) is 13.1 Å². The van der Waals surface area contributed by atoms with Crippen LogP contribution < -0.4 is 10.9 Å². The lowest BCUT2D eigenvalue weighted by Crippen LogP contribution is -2.40. The van der Waals surface area contributed by atoms with Gasteiger partial charge in [0.2, 0.25) is 8.32 Å². The van der Waals surface area contributed by atoms with Crippen molar-refractivity contribution in [3.8, 4) is 0 Å². The molecule has 0 aromatic rings. The third-order valence-electron chi connectivity index (χ3n) is 3.40. The fourth-order valence-electron chi connectivity index (χ4n) is 1.18. The number of rotatable bonds is 6. The standard InChI is InChI=1S/C14H30N2OSi/c1-11(2)13(16-15-7)10-12(3)17-18(8,9)14(4,5)6/h10-11,15-16H,3H2,1-2,4-9H3/b13-10+. The van der Waals surface area contributed by atoms with Crippen LogP contribution in [-0.4, -0.2) is 15.4 Å². The molecule has 0 aliphatic carbocycles. The summed E-state index contributed by atoms with van der Waals surface area (Å²) in [5.41, 5.74) is 7.15. The molecular formula is C14H30N2OSi. The summed E-state index contributed by atoms with van der Waals surface area (Å²) in [7, 11) is 0.0700. The lowest BCUT2D eigenvalue weighted by Gasteiger charge is -2.36. The molecule has 0 rings (SSSR count). The van der Waals surface area contributed by atoms with Gasteiger partial charge >= 0.3 is 0 Å². The van der Waals surface area contributed by atoms with E-state index in [0.29, 0.717) is 5.92 Å². The van der Waals surface area contributed by atoms with Crippen LogP contribution in [0.15, 0.2) is 24.1 Å². The van der Waals surface area contributed by atoms with Gasteiger partial charge in [-0.25, -0.2) is 5.43 Å². The Morgan fingerprint density at radius 1 is 1.28 bits per heavy atom. The maximum atomic E-state index is 6.13. The Balaban J connectivity index is 4.82. The largest absolute Gasteiger partial charge is 0.544 e. The molecule has 4 heteroatoms. The molecule has 0 atom stereocenters. The molecule has 0 aliphatic rings. The zero-order valence-corrected chi connectivity index (χ0v) is 14.3. The van der Waals surface area contributed by atoms with Crippen LogP contribution in [-0.2, 0) is 4.43 Å². The average Bonchev–Trinajstić information content (AvgIpc) is 2.13. The Kier molecular flexibility index (Phi) is 6.17. The Bertz CT molecular complexity index is 314. The van der Waals surface area contributed by atoms with Crippen molar-refractivity contribution < 1.29 is 4.43 Å². The van der Waals surface area contributed by atoms with Crippen molar-refractivity contribution in [2.75, 3.05) is 7.05 Å². The van der Waals surface area contributed by atoms with E-state index in [1.165, 1.54) is 0 Å². The number of nitrogens with one attached hydrogen (secondary N) is 2. The minimum atomic E-state index is -1.78. The van der Waals surface area contributed by atoms with Crippen LogP contribution in [0.25, 0.3) is 0 Å². The van der Waals surface area contributed by atoms with Gasteiger partial charge in [0.1, 0.15) is 0 Å². The fourth-order valence-corrected chi connectivity index (χ4v) is 2.20. The Labute approximate surface area is 114 Å². The normalized spacial score (nSPS) is 13.7. The molecule has 0 fully saturated rings. The van der Waals surface area contributed by atoms with Crippen LogP contribution in [0.4, 0.5) is 0 Å². The molecule has 106 valence electrons. The summed E-state index contributed by atoms with van der Waals surface area (Å²) in [4.78, 5) is 0. The van der Waals surface area contributed by atoms with E-state index >= 15 is 0 Å². The van der Waals surface area contributed by atoms with Crippen molar-refractivity contribution in [1.29, 1.82) is 0 Å². The molecule has 0 bridgehead atoms. The predicted molar refractivity (Wildman–Crippen MR) is 82.5 cm³/mol. The quantitative estimate of drug-likeness (QED) is 0.333. The van der Waals surface area contributed by atoms with E-state index in [-0.39, 0.29) is 5.04 Å². The van der Waals surface area contributed by atoms with Crippen molar-refractivity contribution in [1.82, 2.24) is 10.9 Å². The van der Waals surface area contributed by atoms with Crippen LogP contribution in [0.1, 0.15) is 34.6 Å². The van der Waals surface area contributed by atoms with Gasteiger partial charge in [0.15, 0.2) is 0 Å². The zero-order chi connectivity index (χ0) is 14.6. The first-order valence-corrected chi connectivity index (χ1v) is 9.44. The van der Waals surface area contributed by atoms with Gasteiger partial charge in [0, 0.05) is 12.7 Å². The number of allylic oxidation sites excluding steroid dienone is 2. The SMILES string of the molecule is C=C(/C=C(/NNC)C(C)C)O[Si](C)(C)C(C)(C)C. The maximum absolute atomic E-state index is 6.13. The van der Waals surface area contributed by atoms with E-state index in [1.54, 1.807) is 0 Å². The molecule has 0 heterocycles. The fraction of sp³-hybridized carbons (Fsp3) is 0.714. The third-order valence-corrected chi connectivity index (χ3v) is 7.79. The molecule has 18 heavy (non-hydrogen) atoms. The molecule has 0 unspecified atom stereocenters. The highest BCUT2D eigenvalue weighted by Gasteiger charge is 2.38. The summed E-state index contributed by atoms with van der Waals surface area (Å²) >= 11 is 0. The summed E-state index contributed by atoms with van der Waals surface area (Å²) in [6, 6.07) is 0. The molecule has 0 aromatic heterocycles. The Hall–Kier alpha value is -0.743. The molecule has 0 amide bonds. The van der Waals surface area contributed by atoms with Crippen LogP contribution in [0.2, 0.25) is 18.1 Å². The van der Waals surface area contributed by atoms with Crippen LogP contribution in [0.3, 0.4) is 0 Å². The molecule has 2 N–H and O–H groups in total. The highest BCUT2D eigenvalue weighted by molar-refractivity contribution is 6.74. The van der Waals surface area contributed by atoms with Crippen molar-refractivity contribution in [2.45, 2.75) is 52.8 Å². The van der Waals surface area contributed by atoms with Gasteiger partial charge in [0.25, 0.3) is 0 Å². The highest BCUT2D eigenvalue weighted by atomic mass is 28.4. The van der Waals surface area contributed by atoms with Gasteiger partial charge in [-0.2, -0.15) is 0 Å². The van der Waals surface area contributed by atoms with E-state index in [9.17, 15) is 0 Å². The zero-order valence-electron chi connectivity index (χ0n) is 13.3. The van der Waals surface area contributed by atoms with Crippen molar-refractivity contribution >= 4 is 8.32 Å². The van der Waals surface area contributed by atoms with Crippen molar-refractivity contribution in [3.05, 3.63) is 24.1 Å². The number of hydrogen-bond donors (Lipinski definition) is 2. The molecule has 0 saturated carbocycles. The molecule has 0 aliphatic heterocycles. The second kappa shape index (κ2) is 6.43. The van der Waals surface area contributed by atoms with Gasteiger partial charge < -0.3 is 9.85 Å². The second-order valence-electron chi connectivity index (χ2n) is 6.46. The number of hydrogen-bond acceptors (Lipinski definition) is 3. The first kappa shape index (κ1) is 17.3. The summed E-state index contributed by atoms with van der Waals surface area (Å²) < 4.78 is 6.13. The summed E-state index contributed by atoms with van der Waals surface area (Å²) in [6.07, 6.45) is 1.99. The molecule has 0 radical (unpaired) electrons. The van der Waals surface area contributed by atoms with Crippen LogP contribution in [0, 0.1) is 5.92 Å². The topological polar surface area (TPSA) is 33.3 Å². The minimum absolute atomic E-state index is 0.193. The maximum Gasteiger partial charge on any atom is 0.250 e. The Morgan fingerprint density at radius 3 is 2.11 bits per heavy atom. The van der Waals surface area contributed by atoms with Crippen LogP contribution in [0.5, 0.6) is 0 Å². The summed E-state index contributed by atoms with van der Waals surface area (Å²) in [5, 5.41) is 0.193. The van der Waals surface area contributed by atoms with E-state index in [4.69, 9.17) is 4.43 Å². The first-order valence-electron chi connectivity index (χ1n) is 6.53. The monoisotopic (exact) mass is 270 g/mol. The summed E-state index contributed by atoms with van der Waals surface area (Å²) in [5.74, 6) is 1.14. The van der Waals surface area contributed by atoms with Crippen molar-refractivity contribution in [3.63, 3.8) is 0 Å². The van der Waals surface area contributed by atoms with E-state index in [0.717, 1.165) is 11.5 Å². The lowest BCUT2D eigenvalue weighted by molar-refractivity contribution is 0.399. The number of hydrazine groups is 1. The van der Waals surface area contributed by atoms with Gasteiger partial charge in [0.05, 0.1) is 5.76 Å². The van der Waals surface area contributed by atoms with E-state index < -0.39 is 8.32 Å². The van der Waals surface area contributed by atoms with Gasteiger partial charge in [-0.1, -0.05) is 41.2 Å². The predicted octanol–water partition coefficient (Wildman–Crippen LogP) is 3.79. The second-order valence-corrected chi connectivity index (χ2v) is 11.2. The van der Waals surface area contributed by atoms with E-state index in [2.05, 4.69) is 65.1 Å². The smallest absolute Gasteiger partial charge is 0.250 e. The molecular weight excluding hydrogens is 240 g/mol. The minimum Gasteiger partial charge on any atom is -0.544 e. The molecule has 0 saturated heterocycles. The molecule has 0 aromatic carbocycles. The summed E-state index contributed by atoms with van der Waals surface area (Å²) in [6.45, 7) is 19.4. The average molecular weight is 270 g/mol. The molecule has 3 nitrogen and oxygen atoms in total. The molecule has 0 spiro atoms. The third kappa shape index (κ3) is 5.27. The van der Waals surface area contributed by atoms with Gasteiger partial charge in [-0.15, -0.1) is 0 Å². The Morgan fingerprint density at radius 2 is 1.78 bits per heavy atom. The van der Waals surface area contributed by atoms with Gasteiger partial charge in [-0.3, -0.25) is 0 Å². The van der Waals surface area contributed by atoms with Crippen LogP contribution >= 0.6 is 0 Å². The lowest BCUT2D eigenvalue weighted by atomic mass is 10.1. The van der Waals surface area contributed by atoms with Crippen molar-refractivity contribution in [2.24, 2.45) is 5.92 Å². The van der Waals surface area contributed by atoms with Gasteiger partial charge in [-0.05, 0) is 30.1 Å². The highest BCUT2D eigenvalue weighted by Crippen LogP contribution is 2.37.